The summed E-state index contributed by atoms with van der Waals surface area (Å²) in [6.07, 6.45) is 15.8. The summed E-state index contributed by atoms with van der Waals surface area (Å²) in [6, 6.07) is 10.2. The second-order valence-electron chi connectivity index (χ2n) is 8.56. The Bertz CT molecular complexity index is 684. The van der Waals surface area contributed by atoms with Gasteiger partial charge in [0.2, 0.25) is 5.60 Å². The van der Waals surface area contributed by atoms with Crippen molar-refractivity contribution in [3.8, 4) is 0 Å². The van der Waals surface area contributed by atoms with Gasteiger partial charge >= 0.3 is 5.97 Å². The van der Waals surface area contributed by atoms with Gasteiger partial charge in [-0.15, -0.1) is 11.6 Å². The standard InChI is InChI=1S/C27H39ClO3/c1-4-6-7-8-9-13-20-31-27(26(29)30-21-25(28)22(3)5-2)18-16-24(17-19-27)23-14-11-10-12-15-23/h10-12,14-19,22,24-25H,4-9,13,20-21H2,1-3H3. The number of rotatable bonds is 14. The number of alkyl halides is 1. The number of hydrogen-bond donors (Lipinski definition) is 0. The van der Waals surface area contributed by atoms with Crippen LogP contribution in [0.5, 0.6) is 0 Å². The summed E-state index contributed by atoms with van der Waals surface area (Å²) in [4.78, 5) is 13.1. The number of esters is 1. The maximum absolute atomic E-state index is 13.1. The third-order valence-electron chi connectivity index (χ3n) is 6.08. The van der Waals surface area contributed by atoms with E-state index in [9.17, 15) is 4.79 Å². The maximum Gasteiger partial charge on any atom is 0.346 e. The van der Waals surface area contributed by atoms with E-state index in [-0.39, 0.29) is 29.8 Å². The van der Waals surface area contributed by atoms with Gasteiger partial charge in [0.05, 0.1) is 5.38 Å². The molecule has 3 nitrogen and oxygen atoms in total. The summed E-state index contributed by atoms with van der Waals surface area (Å²) in [6.45, 7) is 7.10. The highest BCUT2D eigenvalue weighted by Gasteiger charge is 2.38. The molecule has 1 aromatic carbocycles. The summed E-state index contributed by atoms with van der Waals surface area (Å²) in [5, 5.41) is -0.196. The minimum absolute atomic E-state index is 0.126. The molecule has 4 heteroatoms. The van der Waals surface area contributed by atoms with E-state index in [0.717, 1.165) is 19.3 Å². The van der Waals surface area contributed by atoms with E-state index >= 15 is 0 Å². The van der Waals surface area contributed by atoms with E-state index in [1.54, 1.807) is 0 Å². The number of hydrogen-bond acceptors (Lipinski definition) is 3. The first-order valence-electron chi connectivity index (χ1n) is 11.9. The lowest BCUT2D eigenvalue weighted by molar-refractivity contribution is -0.161. The highest BCUT2D eigenvalue weighted by molar-refractivity contribution is 6.21. The topological polar surface area (TPSA) is 35.5 Å². The predicted octanol–water partition coefficient (Wildman–Crippen LogP) is 7.21. The molecule has 1 aliphatic carbocycles. The summed E-state index contributed by atoms with van der Waals surface area (Å²) >= 11 is 6.40. The molecule has 0 saturated carbocycles. The van der Waals surface area contributed by atoms with Gasteiger partial charge in [-0.25, -0.2) is 4.79 Å². The molecule has 0 radical (unpaired) electrons. The van der Waals surface area contributed by atoms with Gasteiger partial charge in [0.1, 0.15) is 6.61 Å². The quantitative estimate of drug-likeness (QED) is 0.131. The second kappa shape index (κ2) is 13.8. The number of allylic oxidation sites excluding steroid dienone is 2. The van der Waals surface area contributed by atoms with Crippen molar-refractivity contribution in [2.24, 2.45) is 5.92 Å². The molecule has 0 fully saturated rings. The monoisotopic (exact) mass is 446 g/mol. The zero-order chi connectivity index (χ0) is 22.5. The maximum atomic E-state index is 13.1. The molecule has 31 heavy (non-hydrogen) atoms. The van der Waals surface area contributed by atoms with Crippen LogP contribution < -0.4 is 0 Å². The lowest BCUT2D eigenvalue weighted by Crippen LogP contribution is -2.42. The number of halogens is 1. The molecule has 0 N–H and O–H groups in total. The van der Waals surface area contributed by atoms with E-state index in [1.165, 1.54) is 31.2 Å². The fourth-order valence-electron chi connectivity index (χ4n) is 3.61. The molecule has 0 saturated heterocycles. The summed E-state index contributed by atoms with van der Waals surface area (Å²) in [5.74, 6) is 0.0291. The van der Waals surface area contributed by atoms with Crippen molar-refractivity contribution in [1.82, 2.24) is 0 Å². The van der Waals surface area contributed by atoms with Crippen LogP contribution in [0.2, 0.25) is 0 Å². The molecule has 2 unspecified atom stereocenters. The smallest absolute Gasteiger partial charge is 0.346 e. The van der Waals surface area contributed by atoms with Crippen molar-refractivity contribution in [2.75, 3.05) is 13.2 Å². The molecule has 0 aromatic heterocycles. The van der Waals surface area contributed by atoms with E-state index in [1.807, 2.05) is 42.5 Å². The molecule has 1 aromatic rings. The van der Waals surface area contributed by atoms with Gasteiger partial charge in [-0.3, -0.25) is 0 Å². The number of unbranched alkanes of at least 4 members (excludes halogenated alkanes) is 5. The van der Waals surface area contributed by atoms with Crippen molar-refractivity contribution in [3.63, 3.8) is 0 Å². The average Bonchev–Trinajstić information content (AvgIpc) is 2.82. The van der Waals surface area contributed by atoms with E-state index < -0.39 is 5.60 Å². The molecule has 0 spiro atoms. The largest absolute Gasteiger partial charge is 0.461 e. The molecule has 2 atom stereocenters. The summed E-state index contributed by atoms with van der Waals surface area (Å²) < 4.78 is 11.8. The third kappa shape index (κ3) is 8.12. The highest BCUT2D eigenvalue weighted by Crippen LogP contribution is 2.30. The number of carbonyl (C=O) groups excluding carboxylic acids is 1. The normalized spacial score (nSPS) is 22.3. The number of benzene rings is 1. The van der Waals surface area contributed by atoms with Crippen molar-refractivity contribution in [1.29, 1.82) is 0 Å². The van der Waals surface area contributed by atoms with E-state index in [0.29, 0.717) is 6.61 Å². The fraction of sp³-hybridized carbons (Fsp3) is 0.593. The molecular formula is C27H39ClO3. The average molecular weight is 447 g/mol. The molecule has 2 rings (SSSR count). The Kier molecular flexibility index (Phi) is 11.4. The van der Waals surface area contributed by atoms with Crippen LogP contribution in [0.4, 0.5) is 0 Å². The van der Waals surface area contributed by atoms with Gasteiger partial charge in [0.15, 0.2) is 0 Å². The SMILES string of the molecule is CCCCCCCCOC1(C(=O)OCC(Cl)C(C)CC)C=CC(c2ccccc2)C=C1. The Labute approximate surface area is 193 Å². The van der Waals surface area contributed by atoms with Gasteiger partial charge in [0, 0.05) is 12.5 Å². The zero-order valence-corrected chi connectivity index (χ0v) is 20.2. The van der Waals surface area contributed by atoms with Crippen molar-refractivity contribution < 1.29 is 14.3 Å². The summed E-state index contributed by atoms with van der Waals surface area (Å²) in [5.41, 5.74) is 0.0197. The zero-order valence-electron chi connectivity index (χ0n) is 19.4. The fourth-order valence-corrected chi connectivity index (χ4v) is 3.85. The number of ether oxygens (including phenoxy) is 2. The van der Waals surface area contributed by atoms with Gasteiger partial charge in [-0.2, -0.15) is 0 Å². The Morgan fingerprint density at radius 2 is 1.68 bits per heavy atom. The molecular weight excluding hydrogens is 408 g/mol. The third-order valence-corrected chi connectivity index (χ3v) is 6.64. The van der Waals surface area contributed by atoms with Crippen molar-refractivity contribution in [2.45, 2.75) is 82.6 Å². The van der Waals surface area contributed by atoms with Crippen LogP contribution in [0, 0.1) is 5.92 Å². The first kappa shape index (κ1) is 25.7. The predicted molar refractivity (Wildman–Crippen MR) is 130 cm³/mol. The van der Waals surface area contributed by atoms with Gasteiger partial charge < -0.3 is 9.47 Å². The van der Waals surface area contributed by atoms with Crippen LogP contribution >= 0.6 is 11.6 Å². The van der Waals surface area contributed by atoms with Crippen LogP contribution in [0.25, 0.3) is 0 Å². The lowest BCUT2D eigenvalue weighted by Gasteiger charge is -2.30. The lowest BCUT2D eigenvalue weighted by atomic mass is 9.88. The van der Waals surface area contributed by atoms with Gasteiger partial charge in [-0.1, -0.05) is 102 Å². The van der Waals surface area contributed by atoms with E-state index in [2.05, 4.69) is 32.9 Å². The summed E-state index contributed by atoms with van der Waals surface area (Å²) in [7, 11) is 0. The molecule has 0 heterocycles. The second-order valence-corrected chi connectivity index (χ2v) is 9.12. The Morgan fingerprint density at radius 3 is 2.32 bits per heavy atom. The minimum atomic E-state index is -1.17. The van der Waals surface area contributed by atoms with Gasteiger partial charge in [0.25, 0.3) is 0 Å². The van der Waals surface area contributed by atoms with Crippen LogP contribution in [0.15, 0.2) is 54.6 Å². The minimum Gasteiger partial charge on any atom is -0.461 e. The van der Waals surface area contributed by atoms with Crippen LogP contribution in [-0.4, -0.2) is 30.2 Å². The van der Waals surface area contributed by atoms with Crippen LogP contribution in [0.1, 0.15) is 77.2 Å². The first-order valence-corrected chi connectivity index (χ1v) is 12.3. The Balaban J connectivity index is 2.00. The van der Waals surface area contributed by atoms with E-state index in [4.69, 9.17) is 21.1 Å². The van der Waals surface area contributed by atoms with Crippen LogP contribution in [0.3, 0.4) is 0 Å². The highest BCUT2D eigenvalue weighted by atomic mass is 35.5. The Hall–Kier alpha value is -1.58. The van der Waals surface area contributed by atoms with Crippen LogP contribution in [-0.2, 0) is 14.3 Å². The van der Waals surface area contributed by atoms with Crippen molar-refractivity contribution in [3.05, 3.63) is 60.2 Å². The number of carbonyl (C=O) groups is 1. The first-order chi connectivity index (χ1) is 15.0. The van der Waals surface area contributed by atoms with Gasteiger partial charge in [-0.05, 0) is 30.1 Å². The van der Waals surface area contributed by atoms with Crippen molar-refractivity contribution >= 4 is 17.6 Å². The molecule has 0 amide bonds. The molecule has 1 aliphatic rings. The molecule has 172 valence electrons. The molecule has 0 bridgehead atoms. The molecule has 0 aliphatic heterocycles. The Morgan fingerprint density at radius 1 is 1.03 bits per heavy atom.